The zero-order chi connectivity index (χ0) is 10.8. The molecule has 2 rings (SSSR count). The van der Waals surface area contributed by atoms with Crippen molar-refractivity contribution in [1.29, 1.82) is 0 Å². The number of benzene rings is 1. The second-order valence-corrected chi connectivity index (χ2v) is 5.28. The van der Waals surface area contributed by atoms with Gasteiger partial charge >= 0.3 is 0 Å². The molecule has 1 aromatic heterocycles. The Labute approximate surface area is 99.7 Å². The number of hydrogen-bond acceptors (Lipinski definition) is 3. The summed E-state index contributed by atoms with van der Waals surface area (Å²) in [5.74, 6) is 0. The van der Waals surface area contributed by atoms with Crippen molar-refractivity contribution < 1.29 is 8.76 Å². The van der Waals surface area contributed by atoms with Crippen LogP contribution >= 0.6 is 24.0 Å². The predicted molar refractivity (Wildman–Crippen MR) is 66.0 cm³/mol. The average molecular weight is 256 g/mol. The molecule has 0 aliphatic carbocycles. The lowest BCUT2D eigenvalue weighted by Gasteiger charge is -2.00. The van der Waals surface area contributed by atoms with Crippen LogP contribution in [0.1, 0.15) is 0 Å². The predicted octanol–water partition coefficient (Wildman–Crippen LogP) is 3.28. The second-order valence-electron chi connectivity index (χ2n) is 2.91. The SMILES string of the molecule is O=S(O)c1csc(-c2ccccc2S)c1. The van der Waals surface area contributed by atoms with E-state index in [4.69, 9.17) is 4.55 Å². The van der Waals surface area contributed by atoms with Crippen LogP contribution in [-0.2, 0) is 11.1 Å². The summed E-state index contributed by atoms with van der Waals surface area (Å²) in [5.41, 5.74) is 0.988. The van der Waals surface area contributed by atoms with E-state index in [1.807, 2.05) is 24.3 Å². The van der Waals surface area contributed by atoms with Crippen LogP contribution in [0.25, 0.3) is 10.4 Å². The molecule has 1 atom stereocenters. The highest BCUT2D eigenvalue weighted by molar-refractivity contribution is 7.80. The standard InChI is InChI=1S/C10H8O2S3/c11-15(12)7-5-10(14-6-7)8-3-1-2-4-9(8)13/h1-6,13H,(H,11,12). The highest BCUT2D eigenvalue weighted by Crippen LogP contribution is 2.32. The maximum Gasteiger partial charge on any atom is 0.187 e. The molecule has 0 saturated carbocycles. The quantitative estimate of drug-likeness (QED) is 0.639. The highest BCUT2D eigenvalue weighted by Gasteiger charge is 2.08. The van der Waals surface area contributed by atoms with Gasteiger partial charge in [0.15, 0.2) is 11.1 Å². The summed E-state index contributed by atoms with van der Waals surface area (Å²) in [5, 5.41) is 1.69. The molecule has 5 heteroatoms. The Balaban J connectivity index is 2.46. The first-order valence-electron chi connectivity index (χ1n) is 4.16. The Morgan fingerprint density at radius 1 is 1.33 bits per heavy atom. The lowest BCUT2D eigenvalue weighted by molar-refractivity contribution is 0.565. The normalized spacial score (nSPS) is 12.7. The lowest BCUT2D eigenvalue weighted by atomic mass is 10.2. The number of rotatable bonds is 2. The maximum atomic E-state index is 10.8. The van der Waals surface area contributed by atoms with E-state index in [1.165, 1.54) is 11.3 Å². The van der Waals surface area contributed by atoms with Crippen molar-refractivity contribution in [2.24, 2.45) is 0 Å². The summed E-state index contributed by atoms with van der Waals surface area (Å²) in [7, 11) is 0. The molecule has 0 amide bonds. The summed E-state index contributed by atoms with van der Waals surface area (Å²) in [6.45, 7) is 0. The molecular formula is C10H8O2S3. The average Bonchev–Trinajstić information content (AvgIpc) is 2.67. The van der Waals surface area contributed by atoms with Gasteiger partial charge in [-0.25, -0.2) is 4.21 Å². The van der Waals surface area contributed by atoms with Crippen molar-refractivity contribution in [2.45, 2.75) is 9.79 Å². The van der Waals surface area contributed by atoms with E-state index >= 15 is 0 Å². The van der Waals surface area contributed by atoms with Crippen LogP contribution < -0.4 is 0 Å². The molecular weight excluding hydrogens is 248 g/mol. The van der Waals surface area contributed by atoms with Crippen molar-refractivity contribution in [3.63, 3.8) is 0 Å². The zero-order valence-electron chi connectivity index (χ0n) is 7.58. The summed E-state index contributed by atoms with van der Waals surface area (Å²) < 4.78 is 19.7. The first-order chi connectivity index (χ1) is 7.18. The third-order valence-corrected chi connectivity index (χ3v) is 4.09. The van der Waals surface area contributed by atoms with Gasteiger partial charge in [-0.3, -0.25) is 0 Å². The van der Waals surface area contributed by atoms with Crippen LogP contribution in [0.15, 0.2) is 45.5 Å². The molecule has 15 heavy (non-hydrogen) atoms. The Morgan fingerprint density at radius 2 is 2.07 bits per heavy atom. The van der Waals surface area contributed by atoms with Crippen molar-refractivity contribution in [1.82, 2.24) is 0 Å². The number of thiol groups is 1. The van der Waals surface area contributed by atoms with Crippen LogP contribution in [0.2, 0.25) is 0 Å². The number of hydrogen-bond donors (Lipinski definition) is 2. The Kier molecular flexibility index (Phi) is 3.25. The van der Waals surface area contributed by atoms with Crippen molar-refractivity contribution in [3.05, 3.63) is 35.7 Å². The van der Waals surface area contributed by atoms with Gasteiger partial charge in [-0.15, -0.1) is 24.0 Å². The van der Waals surface area contributed by atoms with Crippen molar-refractivity contribution in [3.8, 4) is 10.4 Å². The first kappa shape index (κ1) is 10.9. The molecule has 1 heterocycles. The molecule has 0 bridgehead atoms. The van der Waals surface area contributed by atoms with Gasteiger partial charge in [-0.05, 0) is 12.1 Å². The minimum atomic E-state index is -1.90. The molecule has 0 aliphatic heterocycles. The van der Waals surface area contributed by atoms with Gasteiger partial charge in [0, 0.05) is 20.7 Å². The van der Waals surface area contributed by atoms with Crippen LogP contribution in [0.3, 0.4) is 0 Å². The monoisotopic (exact) mass is 256 g/mol. The Hall–Kier alpha value is -0.620. The molecule has 1 unspecified atom stereocenters. The molecule has 2 nitrogen and oxygen atoms in total. The summed E-state index contributed by atoms with van der Waals surface area (Å²) in [4.78, 5) is 2.26. The van der Waals surface area contributed by atoms with E-state index in [0.29, 0.717) is 4.90 Å². The van der Waals surface area contributed by atoms with E-state index in [1.54, 1.807) is 11.4 Å². The fraction of sp³-hybridized carbons (Fsp3) is 0. The van der Waals surface area contributed by atoms with Crippen molar-refractivity contribution >= 4 is 35.0 Å². The smallest absolute Gasteiger partial charge is 0.187 e. The van der Waals surface area contributed by atoms with Gasteiger partial charge in [0.1, 0.15) is 0 Å². The lowest BCUT2D eigenvalue weighted by Crippen LogP contribution is -1.82. The van der Waals surface area contributed by atoms with E-state index in [0.717, 1.165) is 15.3 Å². The maximum absolute atomic E-state index is 10.8. The summed E-state index contributed by atoms with van der Waals surface area (Å²) in [6, 6.07) is 9.39. The van der Waals surface area contributed by atoms with Crippen LogP contribution in [0.5, 0.6) is 0 Å². The summed E-state index contributed by atoms with van der Waals surface area (Å²) in [6.07, 6.45) is 0. The van der Waals surface area contributed by atoms with Crippen molar-refractivity contribution in [2.75, 3.05) is 0 Å². The van der Waals surface area contributed by atoms with Gasteiger partial charge in [0.05, 0.1) is 4.90 Å². The molecule has 0 radical (unpaired) electrons. The Bertz CT molecular complexity index is 505. The van der Waals surface area contributed by atoms with Gasteiger partial charge in [0.2, 0.25) is 0 Å². The molecule has 0 spiro atoms. The molecule has 1 N–H and O–H groups in total. The van der Waals surface area contributed by atoms with Crippen LogP contribution in [0, 0.1) is 0 Å². The van der Waals surface area contributed by atoms with Crippen LogP contribution in [-0.4, -0.2) is 8.76 Å². The third kappa shape index (κ3) is 2.31. The Morgan fingerprint density at radius 3 is 2.67 bits per heavy atom. The molecule has 0 aliphatic rings. The molecule has 2 aromatic rings. The molecule has 78 valence electrons. The van der Waals surface area contributed by atoms with E-state index in [2.05, 4.69) is 12.6 Å². The zero-order valence-corrected chi connectivity index (χ0v) is 10.1. The van der Waals surface area contributed by atoms with Gasteiger partial charge in [-0.1, -0.05) is 18.2 Å². The van der Waals surface area contributed by atoms with Gasteiger partial charge < -0.3 is 4.55 Å². The third-order valence-electron chi connectivity index (χ3n) is 1.95. The van der Waals surface area contributed by atoms with E-state index < -0.39 is 11.1 Å². The molecule has 0 fully saturated rings. The highest BCUT2D eigenvalue weighted by atomic mass is 32.2. The fourth-order valence-electron chi connectivity index (χ4n) is 1.23. The first-order valence-corrected chi connectivity index (χ1v) is 6.59. The van der Waals surface area contributed by atoms with E-state index in [9.17, 15) is 4.21 Å². The number of thiophene rings is 1. The topological polar surface area (TPSA) is 37.3 Å². The molecule has 0 saturated heterocycles. The summed E-state index contributed by atoms with van der Waals surface area (Å²) >= 11 is 3.88. The fourth-order valence-corrected chi connectivity index (χ4v) is 3.17. The minimum Gasteiger partial charge on any atom is -0.302 e. The molecule has 1 aromatic carbocycles. The van der Waals surface area contributed by atoms with Crippen LogP contribution in [0.4, 0.5) is 0 Å². The largest absolute Gasteiger partial charge is 0.302 e. The van der Waals surface area contributed by atoms with Gasteiger partial charge in [0.25, 0.3) is 0 Å². The second kappa shape index (κ2) is 4.49. The minimum absolute atomic E-state index is 0.437. The van der Waals surface area contributed by atoms with E-state index in [-0.39, 0.29) is 0 Å². The van der Waals surface area contributed by atoms with Gasteiger partial charge in [-0.2, -0.15) is 0 Å².